The zero-order valence-electron chi connectivity index (χ0n) is 9.43. The van der Waals surface area contributed by atoms with E-state index in [1.165, 1.54) is 11.3 Å². The van der Waals surface area contributed by atoms with Gasteiger partial charge in [0.2, 0.25) is 0 Å². The average Bonchev–Trinajstić information content (AvgIpc) is 2.67. The summed E-state index contributed by atoms with van der Waals surface area (Å²) < 4.78 is 39.9. The van der Waals surface area contributed by atoms with E-state index in [9.17, 15) is 13.2 Å². The van der Waals surface area contributed by atoms with Crippen LogP contribution in [0.15, 0.2) is 29.6 Å². The molecule has 0 bridgehead atoms. The van der Waals surface area contributed by atoms with E-state index in [1.54, 1.807) is 24.4 Å². The minimum Gasteiger partial charge on any atom is -0.327 e. The van der Waals surface area contributed by atoms with Crippen LogP contribution < -0.4 is 5.73 Å². The third-order valence-electron chi connectivity index (χ3n) is 2.31. The van der Waals surface area contributed by atoms with Gasteiger partial charge in [0.15, 0.2) is 10.8 Å². The summed E-state index contributed by atoms with van der Waals surface area (Å²) in [6.07, 6.45) is -2.76. The van der Waals surface area contributed by atoms with Crippen molar-refractivity contribution in [3.05, 3.63) is 24.4 Å². The molecule has 2 unspecified atom stereocenters. The SMILES string of the molecule is CC(N)C(Sc1nnc2ccccn12)C(F)(F)F. The Morgan fingerprint density at radius 2 is 2.06 bits per heavy atom. The molecule has 0 aliphatic carbocycles. The Bertz CT molecular complexity index is 537. The van der Waals surface area contributed by atoms with Gasteiger partial charge in [0.25, 0.3) is 0 Å². The second-order valence-electron chi connectivity index (χ2n) is 3.85. The van der Waals surface area contributed by atoms with E-state index < -0.39 is 17.5 Å². The largest absolute Gasteiger partial charge is 0.402 e. The molecule has 8 heteroatoms. The van der Waals surface area contributed by atoms with E-state index in [0.29, 0.717) is 17.4 Å². The maximum Gasteiger partial charge on any atom is 0.402 e. The first kappa shape index (κ1) is 13.2. The van der Waals surface area contributed by atoms with Crippen molar-refractivity contribution in [3.8, 4) is 0 Å². The van der Waals surface area contributed by atoms with Gasteiger partial charge in [0, 0.05) is 12.2 Å². The van der Waals surface area contributed by atoms with Crippen LogP contribution >= 0.6 is 11.8 Å². The molecule has 2 atom stereocenters. The van der Waals surface area contributed by atoms with Gasteiger partial charge in [-0.1, -0.05) is 17.8 Å². The molecule has 0 saturated carbocycles. The summed E-state index contributed by atoms with van der Waals surface area (Å²) in [5, 5.41) is 6.03. The molecule has 98 valence electrons. The number of pyridine rings is 1. The van der Waals surface area contributed by atoms with Crippen LogP contribution in [0.25, 0.3) is 5.65 Å². The van der Waals surface area contributed by atoms with Crippen LogP contribution in [-0.2, 0) is 0 Å². The summed E-state index contributed by atoms with van der Waals surface area (Å²) in [7, 11) is 0. The molecule has 2 heterocycles. The van der Waals surface area contributed by atoms with Gasteiger partial charge in [0.1, 0.15) is 5.25 Å². The van der Waals surface area contributed by atoms with E-state index in [0.717, 1.165) is 0 Å². The lowest BCUT2D eigenvalue weighted by atomic mass is 10.2. The molecule has 2 aromatic rings. The Balaban J connectivity index is 2.32. The predicted octanol–water partition coefficient (Wildman–Crippen LogP) is 2.10. The number of rotatable bonds is 3. The van der Waals surface area contributed by atoms with E-state index in [2.05, 4.69) is 10.2 Å². The zero-order chi connectivity index (χ0) is 13.3. The van der Waals surface area contributed by atoms with Crippen LogP contribution in [0.5, 0.6) is 0 Å². The number of thioether (sulfide) groups is 1. The van der Waals surface area contributed by atoms with Crippen LogP contribution in [0.2, 0.25) is 0 Å². The lowest BCUT2D eigenvalue weighted by Crippen LogP contribution is -2.40. The highest BCUT2D eigenvalue weighted by atomic mass is 32.2. The molecule has 2 rings (SSSR count). The van der Waals surface area contributed by atoms with E-state index in [4.69, 9.17) is 5.73 Å². The highest BCUT2D eigenvalue weighted by Gasteiger charge is 2.43. The maximum atomic E-state index is 12.8. The number of hydrogen-bond acceptors (Lipinski definition) is 4. The summed E-state index contributed by atoms with van der Waals surface area (Å²) in [5.41, 5.74) is 5.89. The molecular weight excluding hydrogens is 265 g/mol. The minimum atomic E-state index is -4.38. The number of fused-ring (bicyclic) bond motifs is 1. The topological polar surface area (TPSA) is 56.2 Å². The van der Waals surface area contributed by atoms with Gasteiger partial charge in [-0.25, -0.2) is 0 Å². The van der Waals surface area contributed by atoms with Gasteiger partial charge in [-0.05, 0) is 19.1 Å². The van der Waals surface area contributed by atoms with Crippen molar-refractivity contribution in [1.82, 2.24) is 14.6 Å². The monoisotopic (exact) mass is 276 g/mol. The third-order valence-corrected chi connectivity index (χ3v) is 3.75. The molecule has 0 spiro atoms. The van der Waals surface area contributed by atoms with Gasteiger partial charge >= 0.3 is 6.18 Å². The smallest absolute Gasteiger partial charge is 0.327 e. The van der Waals surface area contributed by atoms with E-state index >= 15 is 0 Å². The Labute approximate surface area is 105 Å². The molecular formula is C10H11F3N4S. The molecule has 0 aliphatic rings. The molecule has 0 amide bonds. The van der Waals surface area contributed by atoms with Crippen molar-refractivity contribution >= 4 is 17.4 Å². The van der Waals surface area contributed by atoms with Crippen LogP contribution in [0.3, 0.4) is 0 Å². The minimum absolute atomic E-state index is 0.185. The average molecular weight is 276 g/mol. The summed E-state index contributed by atoms with van der Waals surface area (Å²) >= 11 is 0.579. The van der Waals surface area contributed by atoms with Crippen LogP contribution in [0.1, 0.15) is 6.92 Å². The Morgan fingerprint density at radius 1 is 1.33 bits per heavy atom. The number of nitrogens with two attached hydrogens (primary N) is 1. The van der Waals surface area contributed by atoms with Gasteiger partial charge in [-0.3, -0.25) is 4.40 Å². The normalized spacial score (nSPS) is 15.8. The summed E-state index contributed by atoms with van der Waals surface area (Å²) in [6, 6.07) is 4.09. The van der Waals surface area contributed by atoms with Crippen molar-refractivity contribution in [3.63, 3.8) is 0 Å². The van der Waals surface area contributed by atoms with Gasteiger partial charge < -0.3 is 5.73 Å². The quantitative estimate of drug-likeness (QED) is 0.872. The molecule has 0 fully saturated rings. The predicted molar refractivity (Wildman–Crippen MR) is 62.3 cm³/mol. The standard InChI is InChI=1S/C10H11F3N4S/c1-6(14)8(10(11,12)13)18-9-16-15-7-4-2-3-5-17(7)9/h2-6,8H,14H2,1H3. The number of nitrogens with zero attached hydrogens (tertiary/aromatic N) is 3. The number of alkyl halides is 3. The van der Waals surface area contributed by atoms with Crippen molar-refractivity contribution in [1.29, 1.82) is 0 Å². The van der Waals surface area contributed by atoms with Crippen LogP contribution in [-0.4, -0.2) is 32.1 Å². The Kier molecular flexibility index (Phi) is 3.49. The fraction of sp³-hybridized carbons (Fsp3) is 0.400. The van der Waals surface area contributed by atoms with Crippen molar-refractivity contribution in [2.45, 2.75) is 29.5 Å². The van der Waals surface area contributed by atoms with Crippen molar-refractivity contribution in [2.24, 2.45) is 5.73 Å². The highest BCUT2D eigenvalue weighted by molar-refractivity contribution is 7.99. The lowest BCUT2D eigenvalue weighted by molar-refractivity contribution is -0.131. The molecule has 2 N–H and O–H groups in total. The summed E-state index contributed by atoms with van der Waals surface area (Å²) in [4.78, 5) is 0. The molecule has 0 saturated heterocycles. The highest BCUT2D eigenvalue weighted by Crippen LogP contribution is 2.35. The molecule has 0 aliphatic heterocycles. The van der Waals surface area contributed by atoms with Crippen LogP contribution in [0, 0.1) is 0 Å². The van der Waals surface area contributed by atoms with E-state index in [1.807, 2.05) is 0 Å². The van der Waals surface area contributed by atoms with Gasteiger partial charge in [-0.2, -0.15) is 13.2 Å². The second kappa shape index (κ2) is 4.77. The third kappa shape index (κ3) is 2.59. The molecule has 18 heavy (non-hydrogen) atoms. The maximum absolute atomic E-state index is 12.8. The van der Waals surface area contributed by atoms with E-state index in [-0.39, 0.29) is 5.16 Å². The number of hydrogen-bond donors (Lipinski definition) is 1. The molecule has 0 radical (unpaired) electrons. The summed E-state index contributed by atoms with van der Waals surface area (Å²) in [5.74, 6) is 0. The van der Waals surface area contributed by atoms with Gasteiger partial charge in [0.05, 0.1) is 0 Å². The Morgan fingerprint density at radius 3 is 2.67 bits per heavy atom. The first-order valence-electron chi connectivity index (χ1n) is 5.18. The molecule has 2 aromatic heterocycles. The van der Waals surface area contributed by atoms with Gasteiger partial charge in [-0.15, -0.1) is 10.2 Å². The molecule has 4 nitrogen and oxygen atoms in total. The number of halogens is 3. The van der Waals surface area contributed by atoms with Crippen molar-refractivity contribution < 1.29 is 13.2 Å². The first-order chi connectivity index (χ1) is 8.39. The second-order valence-corrected chi connectivity index (χ2v) is 4.96. The molecule has 0 aromatic carbocycles. The number of aromatic nitrogens is 3. The first-order valence-corrected chi connectivity index (χ1v) is 6.06. The van der Waals surface area contributed by atoms with Crippen LogP contribution in [0.4, 0.5) is 13.2 Å². The van der Waals surface area contributed by atoms with Crippen molar-refractivity contribution in [2.75, 3.05) is 0 Å². The lowest BCUT2D eigenvalue weighted by Gasteiger charge is -2.21. The fourth-order valence-corrected chi connectivity index (χ4v) is 2.42. The Hall–Kier alpha value is -1.28. The summed E-state index contributed by atoms with van der Waals surface area (Å²) in [6.45, 7) is 1.33. The fourth-order valence-electron chi connectivity index (χ4n) is 1.49. The zero-order valence-corrected chi connectivity index (χ0v) is 10.2.